The molecule has 1 aromatic heterocycles. The maximum Gasteiger partial charge on any atom is 0.338 e. The van der Waals surface area contributed by atoms with Gasteiger partial charge in [-0.2, -0.15) is 5.10 Å². The van der Waals surface area contributed by atoms with E-state index in [0.29, 0.717) is 19.5 Å². The van der Waals surface area contributed by atoms with Gasteiger partial charge in [-0.25, -0.2) is 4.79 Å². The number of aromatic nitrogens is 2. The van der Waals surface area contributed by atoms with Crippen LogP contribution in [0, 0.1) is 6.92 Å². The number of carbonyl (C=O) groups excluding carboxylic acids is 1. The first-order valence-corrected chi connectivity index (χ1v) is 8.64. The monoisotopic (exact) mass is 341 g/mol. The van der Waals surface area contributed by atoms with Gasteiger partial charge in [0.1, 0.15) is 0 Å². The van der Waals surface area contributed by atoms with Crippen molar-refractivity contribution in [3.05, 3.63) is 53.3 Å². The van der Waals surface area contributed by atoms with Crippen LogP contribution in [0.15, 0.2) is 36.7 Å². The molecule has 3 rings (SSSR count). The van der Waals surface area contributed by atoms with Gasteiger partial charge in [-0.05, 0) is 37.3 Å². The zero-order valence-corrected chi connectivity index (χ0v) is 14.4. The van der Waals surface area contributed by atoms with Gasteiger partial charge in [-0.1, -0.05) is 24.3 Å². The number of amides is 1. The van der Waals surface area contributed by atoms with Crippen molar-refractivity contribution in [2.75, 3.05) is 13.1 Å². The Morgan fingerprint density at radius 1 is 1.24 bits per heavy atom. The second-order valence-corrected chi connectivity index (χ2v) is 6.55. The van der Waals surface area contributed by atoms with Crippen molar-refractivity contribution in [3.8, 4) is 0 Å². The summed E-state index contributed by atoms with van der Waals surface area (Å²) in [5, 5.41) is 13.1. The number of carboxylic acids is 1. The molecule has 0 radical (unpaired) electrons. The maximum atomic E-state index is 12.4. The lowest BCUT2D eigenvalue weighted by Gasteiger charge is -2.32. The number of carbonyl (C=O) groups is 2. The summed E-state index contributed by atoms with van der Waals surface area (Å²) in [7, 11) is 0. The minimum absolute atomic E-state index is 0.161. The van der Waals surface area contributed by atoms with Crippen molar-refractivity contribution >= 4 is 11.9 Å². The molecule has 1 amide bonds. The van der Waals surface area contributed by atoms with Crippen LogP contribution in [-0.4, -0.2) is 44.8 Å². The van der Waals surface area contributed by atoms with E-state index in [2.05, 4.69) is 24.2 Å². The Morgan fingerprint density at radius 2 is 1.96 bits per heavy atom. The molecule has 1 fully saturated rings. The van der Waals surface area contributed by atoms with Crippen molar-refractivity contribution in [2.24, 2.45) is 0 Å². The fourth-order valence-electron chi connectivity index (χ4n) is 3.32. The van der Waals surface area contributed by atoms with Crippen LogP contribution in [0.4, 0.5) is 0 Å². The number of rotatable bonds is 5. The lowest BCUT2D eigenvalue weighted by atomic mass is 10.0. The minimum Gasteiger partial charge on any atom is -0.478 e. The van der Waals surface area contributed by atoms with Gasteiger partial charge in [0.2, 0.25) is 5.91 Å². The normalized spacial score (nSPS) is 15.3. The topological polar surface area (TPSA) is 75.4 Å². The van der Waals surface area contributed by atoms with Gasteiger partial charge in [0.05, 0.1) is 17.8 Å². The number of likely N-dealkylation sites (tertiary alicyclic amines) is 1. The highest BCUT2D eigenvalue weighted by Crippen LogP contribution is 2.23. The third-order valence-electron chi connectivity index (χ3n) is 4.91. The highest BCUT2D eigenvalue weighted by Gasteiger charge is 2.24. The molecule has 25 heavy (non-hydrogen) atoms. The zero-order valence-electron chi connectivity index (χ0n) is 14.4. The Kier molecular flexibility index (Phi) is 5.16. The lowest BCUT2D eigenvalue weighted by molar-refractivity contribution is -0.132. The Labute approximate surface area is 147 Å². The summed E-state index contributed by atoms with van der Waals surface area (Å²) < 4.78 is 1.72. The summed E-state index contributed by atoms with van der Waals surface area (Å²) in [6.07, 6.45) is 5.85. The first-order chi connectivity index (χ1) is 12.0. The van der Waals surface area contributed by atoms with E-state index in [-0.39, 0.29) is 17.5 Å². The van der Waals surface area contributed by atoms with Gasteiger partial charge in [-0.3, -0.25) is 9.48 Å². The summed E-state index contributed by atoms with van der Waals surface area (Å²) in [6, 6.07) is 8.32. The molecule has 0 unspecified atom stereocenters. The highest BCUT2D eigenvalue weighted by atomic mass is 16.4. The van der Waals surface area contributed by atoms with E-state index in [9.17, 15) is 9.59 Å². The van der Waals surface area contributed by atoms with E-state index in [1.54, 1.807) is 10.9 Å². The molecular weight excluding hydrogens is 318 g/mol. The van der Waals surface area contributed by atoms with Gasteiger partial charge in [0.25, 0.3) is 0 Å². The summed E-state index contributed by atoms with van der Waals surface area (Å²) >= 11 is 0. The third-order valence-corrected chi connectivity index (χ3v) is 4.91. The van der Waals surface area contributed by atoms with E-state index in [4.69, 9.17) is 5.11 Å². The molecule has 1 aromatic carbocycles. The smallest absolute Gasteiger partial charge is 0.338 e. The second kappa shape index (κ2) is 7.51. The number of hydrogen-bond acceptors (Lipinski definition) is 3. The molecule has 0 spiro atoms. The first-order valence-electron chi connectivity index (χ1n) is 8.64. The molecular formula is C19H23N3O3. The second-order valence-electron chi connectivity index (χ2n) is 6.55. The molecule has 0 atom stereocenters. The molecule has 0 aliphatic carbocycles. The molecule has 6 heteroatoms. The van der Waals surface area contributed by atoms with Crippen LogP contribution >= 0.6 is 0 Å². The quantitative estimate of drug-likeness (QED) is 0.907. The summed E-state index contributed by atoms with van der Waals surface area (Å²) in [5.41, 5.74) is 2.65. The van der Waals surface area contributed by atoms with E-state index in [1.165, 1.54) is 17.3 Å². The Hall–Kier alpha value is -2.63. The maximum absolute atomic E-state index is 12.4. The number of carboxylic acid groups (broad SMARTS) is 1. The average Bonchev–Trinajstić information content (AvgIpc) is 3.11. The first kappa shape index (κ1) is 17.2. The van der Waals surface area contributed by atoms with Crippen molar-refractivity contribution in [3.63, 3.8) is 0 Å². The van der Waals surface area contributed by atoms with Crippen LogP contribution in [-0.2, 0) is 11.2 Å². The van der Waals surface area contributed by atoms with Crippen LogP contribution in [0.2, 0.25) is 0 Å². The van der Waals surface area contributed by atoms with Crippen molar-refractivity contribution in [2.45, 2.75) is 38.6 Å². The van der Waals surface area contributed by atoms with Crippen LogP contribution < -0.4 is 0 Å². The molecule has 2 aromatic rings. The molecule has 1 N–H and O–H groups in total. The fraction of sp³-hybridized carbons (Fsp3) is 0.421. The highest BCUT2D eigenvalue weighted by molar-refractivity contribution is 5.86. The van der Waals surface area contributed by atoms with Crippen LogP contribution in [0.5, 0.6) is 0 Å². The Balaban J connectivity index is 1.50. The SMILES string of the molecule is Cc1ccccc1CCC(=O)N1CCC(n2cc(C(=O)O)cn2)CC1. The molecule has 1 aliphatic heterocycles. The van der Waals surface area contributed by atoms with Gasteiger partial charge in [0.15, 0.2) is 0 Å². The number of piperidine rings is 1. The molecule has 132 valence electrons. The number of nitrogens with zero attached hydrogens (tertiary/aromatic N) is 3. The fourth-order valence-corrected chi connectivity index (χ4v) is 3.32. The van der Waals surface area contributed by atoms with Gasteiger partial charge >= 0.3 is 5.97 Å². The lowest BCUT2D eigenvalue weighted by Crippen LogP contribution is -2.39. The van der Waals surface area contributed by atoms with Gasteiger partial charge in [-0.15, -0.1) is 0 Å². The molecule has 6 nitrogen and oxygen atoms in total. The number of aromatic carboxylic acids is 1. The van der Waals surface area contributed by atoms with E-state index < -0.39 is 5.97 Å². The summed E-state index contributed by atoms with van der Waals surface area (Å²) in [4.78, 5) is 25.3. The zero-order chi connectivity index (χ0) is 17.8. The van der Waals surface area contributed by atoms with Crippen LogP contribution in [0.3, 0.4) is 0 Å². The van der Waals surface area contributed by atoms with Crippen LogP contribution in [0.25, 0.3) is 0 Å². The standard InChI is InChI=1S/C19H23N3O3/c1-14-4-2-3-5-15(14)6-7-18(23)21-10-8-17(9-11-21)22-13-16(12-20-22)19(24)25/h2-5,12-13,17H,6-11H2,1H3,(H,24,25). The van der Waals surface area contributed by atoms with Gasteiger partial charge < -0.3 is 10.0 Å². The average molecular weight is 341 g/mol. The number of hydrogen-bond donors (Lipinski definition) is 1. The predicted octanol–water partition coefficient (Wildman–Crippen LogP) is 2.69. The minimum atomic E-state index is -0.963. The molecule has 0 saturated carbocycles. The number of benzene rings is 1. The van der Waals surface area contributed by atoms with Crippen molar-refractivity contribution < 1.29 is 14.7 Å². The molecule has 1 saturated heterocycles. The van der Waals surface area contributed by atoms with E-state index in [0.717, 1.165) is 19.3 Å². The predicted molar refractivity (Wildman–Crippen MR) is 93.5 cm³/mol. The van der Waals surface area contributed by atoms with E-state index >= 15 is 0 Å². The Bertz CT molecular complexity index is 761. The van der Waals surface area contributed by atoms with Crippen LogP contribution in [0.1, 0.15) is 46.8 Å². The van der Waals surface area contributed by atoms with Crippen molar-refractivity contribution in [1.82, 2.24) is 14.7 Å². The largest absolute Gasteiger partial charge is 0.478 e. The third kappa shape index (κ3) is 4.07. The van der Waals surface area contributed by atoms with Crippen molar-refractivity contribution in [1.29, 1.82) is 0 Å². The number of aryl methyl sites for hydroxylation is 2. The Morgan fingerprint density at radius 3 is 2.60 bits per heavy atom. The molecule has 2 heterocycles. The molecule has 1 aliphatic rings. The summed E-state index contributed by atoms with van der Waals surface area (Å²) in [5.74, 6) is -0.775. The summed E-state index contributed by atoms with van der Waals surface area (Å²) in [6.45, 7) is 3.46. The van der Waals surface area contributed by atoms with Gasteiger partial charge in [0, 0.05) is 25.7 Å². The molecule has 0 bridgehead atoms. The van der Waals surface area contributed by atoms with E-state index in [1.807, 2.05) is 17.0 Å².